The topological polar surface area (TPSA) is 74.6 Å². The van der Waals surface area contributed by atoms with E-state index < -0.39 is 25.5 Å². The van der Waals surface area contributed by atoms with E-state index in [4.69, 9.17) is 12.1 Å². The molecule has 2 N–H and O–H groups in total. The normalized spacial score (nSPS) is 10.1. The minimum atomic E-state index is -1.75. The van der Waals surface area contributed by atoms with Crippen LogP contribution in [0.3, 0.4) is 0 Å². The number of carboxylic acid groups (broad SMARTS) is 1. The summed E-state index contributed by atoms with van der Waals surface area (Å²) in [4.78, 5) is 10.3. The van der Waals surface area contributed by atoms with E-state index in [0.717, 1.165) is 18.8 Å². The van der Waals surface area contributed by atoms with Gasteiger partial charge in [-0.1, -0.05) is 90.9 Å². The number of aliphatic carboxylic acids is 1. The molecule has 0 aromatic rings. The fourth-order valence-corrected chi connectivity index (χ4v) is 2.60. The zero-order valence-electron chi connectivity index (χ0n) is 15.2. The number of hydrogen-bond donors (Lipinski definition) is 2. The molecule has 0 spiro atoms. The molecule has 0 radical (unpaired) electrons. The molecule has 0 aliphatic carbocycles. The van der Waals surface area contributed by atoms with Gasteiger partial charge in [-0.25, -0.2) is 0 Å². The second-order valence-electron chi connectivity index (χ2n) is 6.66. The van der Waals surface area contributed by atoms with Crippen molar-refractivity contribution in [2.75, 3.05) is 0 Å². The Morgan fingerprint density at radius 2 is 1.09 bits per heavy atom. The molecule has 0 aromatic carbocycles. The first-order chi connectivity index (χ1) is 11.0. The van der Waals surface area contributed by atoms with Gasteiger partial charge >= 0.3 is 32.5 Å². The molecule has 0 amide bonds. The van der Waals surface area contributed by atoms with Crippen LogP contribution in [-0.2, 0) is 27.6 Å². The monoisotopic (exact) mass is 365 g/mol. The summed E-state index contributed by atoms with van der Waals surface area (Å²) in [6.07, 6.45) is 17.3. The van der Waals surface area contributed by atoms with Crippen LogP contribution in [0.4, 0.5) is 0 Å². The molecule has 0 aliphatic rings. The number of unbranched alkanes of at least 4 members (excludes halogenated alkanes) is 11. The molecule has 0 rings (SSSR count). The Balaban J connectivity index is 0. The van der Waals surface area contributed by atoms with E-state index >= 15 is 0 Å². The SMILES string of the molecule is CC(C)CCCCCCCCCCCCCCC(=O)O.[O]=[Ti][OH]. The number of hydrogen-bond acceptors (Lipinski definition) is 2. The van der Waals surface area contributed by atoms with E-state index in [2.05, 4.69) is 13.8 Å². The third-order valence-electron chi connectivity index (χ3n) is 3.92. The standard InChI is InChI=1S/C18H36O2.H2O.O.Ti/c1-17(2)15-13-11-9-7-5-3-4-6-8-10-12-14-16-18(19)20;;;/h17H,3-16H2,1-2H3,(H,19,20);1H2;;/q;;;+1/p-1. The molecule has 4 nitrogen and oxygen atoms in total. The molecular weight excluding hydrogens is 328 g/mol. The second-order valence-corrected chi connectivity index (χ2v) is 6.95. The Bertz CT molecular complexity index is 257. The van der Waals surface area contributed by atoms with Crippen molar-refractivity contribution in [1.29, 1.82) is 0 Å². The summed E-state index contributed by atoms with van der Waals surface area (Å²) in [5.41, 5.74) is 0. The molecule has 0 saturated carbocycles. The third kappa shape index (κ3) is 30.4. The van der Waals surface area contributed by atoms with Crippen LogP contribution in [0.15, 0.2) is 0 Å². The Hall–Kier alpha value is -0.0557. The second kappa shape index (κ2) is 21.9. The molecule has 0 atom stereocenters. The summed E-state index contributed by atoms with van der Waals surface area (Å²) < 4.78 is 15.8. The summed E-state index contributed by atoms with van der Waals surface area (Å²) in [5.74, 6) is 0.212. The van der Waals surface area contributed by atoms with Crippen LogP contribution in [-0.4, -0.2) is 14.8 Å². The number of carboxylic acids is 1. The Labute approximate surface area is 152 Å². The predicted molar refractivity (Wildman–Crippen MR) is 90.0 cm³/mol. The average molecular weight is 365 g/mol. The van der Waals surface area contributed by atoms with Gasteiger partial charge < -0.3 is 5.11 Å². The van der Waals surface area contributed by atoms with Crippen LogP contribution in [0.1, 0.15) is 104 Å². The zero-order chi connectivity index (χ0) is 17.8. The molecular formula is C18H37O4Ti. The molecule has 137 valence electrons. The summed E-state index contributed by atoms with van der Waals surface area (Å²) in [6.45, 7) is 4.61. The average Bonchev–Trinajstić information content (AvgIpc) is 2.48. The van der Waals surface area contributed by atoms with Gasteiger partial charge in [0.2, 0.25) is 0 Å². The van der Waals surface area contributed by atoms with E-state index in [1.165, 1.54) is 70.6 Å². The Morgan fingerprint density at radius 1 is 0.783 bits per heavy atom. The van der Waals surface area contributed by atoms with E-state index in [0.29, 0.717) is 6.42 Å². The Kier molecular flexibility index (Phi) is 24.0. The fourth-order valence-electron chi connectivity index (χ4n) is 2.60. The van der Waals surface area contributed by atoms with Crippen LogP contribution in [0.2, 0.25) is 0 Å². The van der Waals surface area contributed by atoms with E-state index in [1.807, 2.05) is 0 Å². The van der Waals surface area contributed by atoms with Gasteiger partial charge in [0.05, 0.1) is 0 Å². The van der Waals surface area contributed by atoms with Crippen molar-refractivity contribution in [3.8, 4) is 0 Å². The zero-order valence-corrected chi connectivity index (χ0v) is 16.7. The Morgan fingerprint density at radius 3 is 1.39 bits per heavy atom. The van der Waals surface area contributed by atoms with Crippen molar-refractivity contribution < 1.29 is 36.4 Å². The summed E-state index contributed by atoms with van der Waals surface area (Å²) in [6, 6.07) is 0. The van der Waals surface area contributed by atoms with E-state index in [-0.39, 0.29) is 0 Å². The summed E-state index contributed by atoms with van der Waals surface area (Å²) in [7, 11) is 0. The van der Waals surface area contributed by atoms with Gasteiger partial charge in [0.25, 0.3) is 0 Å². The van der Waals surface area contributed by atoms with Crippen LogP contribution in [0.5, 0.6) is 0 Å². The molecule has 0 aliphatic heterocycles. The first-order valence-electron chi connectivity index (χ1n) is 9.27. The van der Waals surface area contributed by atoms with Crippen molar-refractivity contribution in [2.24, 2.45) is 5.92 Å². The predicted octanol–water partition coefficient (Wildman–Crippen LogP) is 5.51. The first kappa shape index (κ1) is 25.2. The van der Waals surface area contributed by atoms with Gasteiger partial charge in [-0.3, -0.25) is 4.79 Å². The molecule has 0 aromatic heterocycles. The van der Waals surface area contributed by atoms with Gasteiger partial charge in [0.15, 0.2) is 0 Å². The van der Waals surface area contributed by atoms with E-state index in [9.17, 15) is 4.79 Å². The molecule has 0 unspecified atom stereocenters. The maximum atomic E-state index is 10.3. The van der Waals surface area contributed by atoms with Crippen LogP contribution in [0, 0.1) is 5.92 Å². The van der Waals surface area contributed by atoms with Gasteiger partial charge in [-0.2, -0.15) is 0 Å². The van der Waals surface area contributed by atoms with Gasteiger partial charge in [0, 0.05) is 6.42 Å². The van der Waals surface area contributed by atoms with Crippen molar-refractivity contribution in [2.45, 2.75) is 104 Å². The molecule has 0 heterocycles. The quantitative estimate of drug-likeness (QED) is 0.296. The van der Waals surface area contributed by atoms with Crippen molar-refractivity contribution in [1.82, 2.24) is 0 Å². The molecule has 23 heavy (non-hydrogen) atoms. The van der Waals surface area contributed by atoms with Gasteiger partial charge in [-0.15, -0.1) is 0 Å². The molecule has 0 fully saturated rings. The summed E-state index contributed by atoms with van der Waals surface area (Å²) >= 11 is -1.75. The summed E-state index contributed by atoms with van der Waals surface area (Å²) in [5, 5.41) is 8.52. The first-order valence-corrected chi connectivity index (χ1v) is 10.6. The van der Waals surface area contributed by atoms with Crippen molar-refractivity contribution >= 4 is 5.97 Å². The van der Waals surface area contributed by atoms with Crippen molar-refractivity contribution in [3.05, 3.63) is 0 Å². The molecule has 5 heteroatoms. The number of carbonyl (C=O) groups is 1. The van der Waals surface area contributed by atoms with Crippen molar-refractivity contribution in [3.63, 3.8) is 0 Å². The third-order valence-corrected chi connectivity index (χ3v) is 3.92. The minimum absolute atomic E-state index is 0.344. The number of rotatable bonds is 15. The van der Waals surface area contributed by atoms with Gasteiger partial charge in [-0.05, 0) is 12.3 Å². The molecule has 0 saturated heterocycles. The van der Waals surface area contributed by atoms with Crippen LogP contribution >= 0.6 is 0 Å². The van der Waals surface area contributed by atoms with Crippen LogP contribution < -0.4 is 0 Å². The van der Waals surface area contributed by atoms with Gasteiger partial charge in [0.1, 0.15) is 0 Å². The molecule has 0 bridgehead atoms. The van der Waals surface area contributed by atoms with E-state index in [1.54, 1.807) is 0 Å². The fraction of sp³-hybridized carbons (Fsp3) is 0.944. The maximum absolute atomic E-state index is 10.3. The van der Waals surface area contributed by atoms with Crippen LogP contribution in [0.25, 0.3) is 0 Å².